The number of ketones is 1. The molecule has 2 rings (SSSR count). The van der Waals surface area contributed by atoms with E-state index in [0.717, 1.165) is 0 Å². The van der Waals surface area contributed by atoms with Crippen LogP contribution in [0.3, 0.4) is 0 Å². The van der Waals surface area contributed by atoms with Gasteiger partial charge in [-0.3, -0.25) is 4.79 Å². The van der Waals surface area contributed by atoms with Crippen LogP contribution in [0.15, 0.2) is 35.9 Å². The van der Waals surface area contributed by atoms with Gasteiger partial charge in [-0.25, -0.2) is 4.79 Å². The van der Waals surface area contributed by atoms with Crippen LogP contribution in [-0.2, 0) is 14.3 Å². The monoisotopic (exact) mass is 317 g/mol. The van der Waals surface area contributed by atoms with Crippen LogP contribution >= 0.6 is 0 Å². The predicted octanol–water partition coefficient (Wildman–Crippen LogP) is 2.75. The number of ether oxygens (including phenoxy) is 2. The molecule has 1 aliphatic carbocycles. The summed E-state index contributed by atoms with van der Waals surface area (Å²) in [5.41, 5.74) is 6.73. The number of carbonyl (C=O) groups is 2. The second-order valence-electron chi connectivity index (χ2n) is 6.59. The molecule has 0 amide bonds. The largest absolute Gasteiger partial charge is 0.455 e. The fourth-order valence-electron chi connectivity index (χ4n) is 2.75. The molecule has 0 radical (unpaired) electrons. The van der Waals surface area contributed by atoms with Gasteiger partial charge < -0.3 is 15.2 Å². The van der Waals surface area contributed by atoms with Gasteiger partial charge in [0.1, 0.15) is 12.2 Å². The summed E-state index contributed by atoms with van der Waals surface area (Å²) in [5.74, 6) is -0.409. The van der Waals surface area contributed by atoms with Crippen molar-refractivity contribution in [3.63, 3.8) is 0 Å². The molecule has 5 nitrogen and oxygen atoms in total. The molecule has 0 bridgehead atoms. The SMILES string of the molecule is COC1C=C(C)C(=O)CC(C)(C)C1OC(=O)c1ccc(N)cc1. The number of nitrogens with two attached hydrogens (primary N) is 1. The Kier molecular flexibility index (Phi) is 4.90. The zero-order chi connectivity index (χ0) is 17.2. The van der Waals surface area contributed by atoms with Crippen LogP contribution in [-0.4, -0.2) is 31.1 Å². The van der Waals surface area contributed by atoms with E-state index in [1.54, 1.807) is 44.4 Å². The minimum absolute atomic E-state index is 0.0445. The summed E-state index contributed by atoms with van der Waals surface area (Å²) in [4.78, 5) is 24.6. The molecule has 0 aromatic heterocycles. The highest BCUT2D eigenvalue weighted by molar-refractivity contribution is 5.96. The second kappa shape index (κ2) is 6.54. The van der Waals surface area contributed by atoms with E-state index in [1.807, 2.05) is 13.8 Å². The van der Waals surface area contributed by atoms with Crippen LogP contribution in [0.1, 0.15) is 37.6 Å². The molecule has 1 aromatic rings. The molecule has 0 heterocycles. The maximum Gasteiger partial charge on any atom is 0.338 e. The van der Waals surface area contributed by atoms with Crippen LogP contribution in [0.4, 0.5) is 5.69 Å². The number of methoxy groups -OCH3 is 1. The quantitative estimate of drug-likeness (QED) is 0.685. The van der Waals surface area contributed by atoms with E-state index < -0.39 is 23.6 Å². The van der Waals surface area contributed by atoms with E-state index in [1.165, 1.54) is 0 Å². The fraction of sp³-hybridized carbons (Fsp3) is 0.444. The van der Waals surface area contributed by atoms with Crippen molar-refractivity contribution >= 4 is 17.4 Å². The van der Waals surface area contributed by atoms with Crippen LogP contribution in [0.2, 0.25) is 0 Å². The molecular formula is C18H23NO4. The summed E-state index contributed by atoms with van der Waals surface area (Å²) < 4.78 is 11.2. The number of rotatable bonds is 3. The number of benzene rings is 1. The zero-order valence-corrected chi connectivity index (χ0v) is 14.0. The molecule has 0 aliphatic heterocycles. The Balaban J connectivity index is 2.28. The van der Waals surface area contributed by atoms with Crippen molar-refractivity contribution in [1.29, 1.82) is 0 Å². The van der Waals surface area contributed by atoms with Gasteiger partial charge in [-0.15, -0.1) is 0 Å². The van der Waals surface area contributed by atoms with Crippen molar-refractivity contribution in [2.75, 3.05) is 12.8 Å². The number of nitrogen functional groups attached to an aromatic ring is 1. The Morgan fingerprint density at radius 1 is 1.26 bits per heavy atom. The van der Waals surface area contributed by atoms with Gasteiger partial charge >= 0.3 is 5.97 Å². The van der Waals surface area contributed by atoms with E-state index in [2.05, 4.69) is 0 Å². The van der Waals surface area contributed by atoms with E-state index in [0.29, 0.717) is 23.2 Å². The molecule has 23 heavy (non-hydrogen) atoms. The van der Waals surface area contributed by atoms with Gasteiger partial charge in [0.05, 0.1) is 5.56 Å². The molecule has 124 valence electrons. The summed E-state index contributed by atoms with van der Waals surface area (Å²) in [6.45, 7) is 5.57. The summed E-state index contributed by atoms with van der Waals surface area (Å²) in [6.07, 6.45) is 1.01. The first-order chi connectivity index (χ1) is 10.7. The molecule has 0 saturated carbocycles. The van der Waals surface area contributed by atoms with Gasteiger partial charge in [0.2, 0.25) is 0 Å². The minimum Gasteiger partial charge on any atom is -0.455 e. The van der Waals surface area contributed by atoms with E-state index in [-0.39, 0.29) is 5.78 Å². The van der Waals surface area contributed by atoms with E-state index in [4.69, 9.17) is 15.2 Å². The first-order valence-corrected chi connectivity index (χ1v) is 7.55. The second-order valence-corrected chi connectivity index (χ2v) is 6.59. The number of hydrogen-bond donors (Lipinski definition) is 1. The van der Waals surface area contributed by atoms with Crippen molar-refractivity contribution in [3.05, 3.63) is 41.5 Å². The number of Topliss-reactive ketones (excluding diaryl/α,β-unsaturated/α-hetero) is 1. The third-order valence-corrected chi connectivity index (χ3v) is 4.19. The Bertz CT molecular complexity index is 631. The van der Waals surface area contributed by atoms with Gasteiger partial charge in [-0.2, -0.15) is 0 Å². The first kappa shape index (κ1) is 17.2. The topological polar surface area (TPSA) is 78.6 Å². The number of anilines is 1. The molecule has 0 saturated heterocycles. The highest BCUT2D eigenvalue weighted by atomic mass is 16.6. The van der Waals surface area contributed by atoms with Crippen molar-refractivity contribution in [3.8, 4) is 0 Å². The van der Waals surface area contributed by atoms with E-state index in [9.17, 15) is 9.59 Å². The Labute approximate surface area is 136 Å². The van der Waals surface area contributed by atoms with Gasteiger partial charge in [0.25, 0.3) is 0 Å². The lowest BCUT2D eigenvalue weighted by Gasteiger charge is -2.35. The normalized spacial score (nSPS) is 23.8. The highest BCUT2D eigenvalue weighted by Crippen LogP contribution is 2.36. The lowest BCUT2D eigenvalue weighted by atomic mass is 9.80. The van der Waals surface area contributed by atoms with Gasteiger partial charge in [0.15, 0.2) is 5.78 Å². The molecule has 0 spiro atoms. The van der Waals surface area contributed by atoms with Crippen molar-refractivity contribution in [2.24, 2.45) is 5.41 Å². The Morgan fingerprint density at radius 2 is 1.87 bits per heavy atom. The Hall–Kier alpha value is -2.14. The lowest BCUT2D eigenvalue weighted by molar-refractivity contribution is -0.120. The van der Waals surface area contributed by atoms with Crippen molar-refractivity contribution in [2.45, 2.75) is 39.4 Å². The summed E-state index contributed by atoms with van der Waals surface area (Å²) in [6, 6.07) is 6.54. The lowest BCUT2D eigenvalue weighted by Crippen LogP contribution is -2.43. The number of allylic oxidation sites excluding steroid dienone is 1. The van der Waals surface area contributed by atoms with Gasteiger partial charge in [0, 0.05) is 24.6 Å². The van der Waals surface area contributed by atoms with Gasteiger partial charge in [-0.05, 0) is 42.8 Å². The standard InChI is InChI=1S/C18H23NO4/c1-11-9-15(22-4)16(18(2,3)10-14(11)20)23-17(21)12-5-7-13(19)8-6-12/h5-9,15-16H,10,19H2,1-4H3. The zero-order valence-electron chi connectivity index (χ0n) is 14.0. The summed E-state index contributed by atoms with van der Waals surface area (Å²) in [7, 11) is 1.55. The highest BCUT2D eigenvalue weighted by Gasteiger charge is 2.42. The number of carbonyl (C=O) groups excluding carboxylic acids is 2. The Morgan fingerprint density at radius 3 is 2.43 bits per heavy atom. The van der Waals surface area contributed by atoms with Crippen LogP contribution in [0.5, 0.6) is 0 Å². The van der Waals surface area contributed by atoms with Gasteiger partial charge in [-0.1, -0.05) is 13.8 Å². The predicted molar refractivity (Wildman–Crippen MR) is 88.0 cm³/mol. The van der Waals surface area contributed by atoms with Crippen LogP contribution in [0, 0.1) is 5.41 Å². The summed E-state index contributed by atoms with van der Waals surface area (Å²) >= 11 is 0. The first-order valence-electron chi connectivity index (χ1n) is 7.55. The van der Waals surface area contributed by atoms with Crippen LogP contribution < -0.4 is 5.73 Å². The molecule has 0 fully saturated rings. The molecule has 2 N–H and O–H groups in total. The summed E-state index contributed by atoms with van der Waals surface area (Å²) in [5, 5.41) is 0. The number of hydrogen-bond acceptors (Lipinski definition) is 5. The van der Waals surface area contributed by atoms with E-state index >= 15 is 0 Å². The molecule has 1 aromatic carbocycles. The number of esters is 1. The molecular weight excluding hydrogens is 294 g/mol. The fourth-order valence-corrected chi connectivity index (χ4v) is 2.75. The molecule has 2 unspecified atom stereocenters. The molecule has 2 atom stereocenters. The maximum absolute atomic E-state index is 12.4. The van der Waals surface area contributed by atoms with Crippen molar-refractivity contribution in [1.82, 2.24) is 0 Å². The third kappa shape index (κ3) is 3.79. The average molecular weight is 317 g/mol. The molecule has 1 aliphatic rings. The van der Waals surface area contributed by atoms with Crippen LogP contribution in [0.25, 0.3) is 0 Å². The van der Waals surface area contributed by atoms with Crippen molar-refractivity contribution < 1.29 is 19.1 Å². The maximum atomic E-state index is 12.4. The smallest absolute Gasteiger partial charge is 0.338 e. The average Bonchev–Trinajstić information content (AvgIpc) is 2.57. The minimum atomic E-state index is -0.557. The molecule has 5 heteroatoms. The third-order valence-electron chi connectivity index (χ3n) is 4.19.